The number of carbonyl (C=O) groups excluding carboxylic acids is 1. The van der Waals surface area contributed by atoms with Crippen LogP contribution in [0.3, 0.4) is 0 Å². The minimum Gasteiger partial charge on any atom is -0.496 e. The number of rotatable bonds is 9. The van der Waals surface area contributed by atoms with E-state index in [0.29, 0.717) is 6.42 Å². The molecule has 0 aliphatic rings. The van der Waals surface area contributed by atoms with Gasteiger partial charge in [0.2, 0.25) is 5.91 Å². The Labute approximate surface area is 200 Å². The standard InChI is InChI=1S/C25H27ClN2O4S/c1-4-22(19-14-15-24(32-3)18(2)16-19)27-25(29)17-28(23-13-9-8-12-21(23)26)33(30,31)20-10-6-5-7-11-20/h5-16,22H,4,17H2,1-3H3,(H,27,29). The monoisotopic (exact) mass is 486 g/mol. The fourth-order valence-corrected chi connectivity index (χ4v) is 5.33. The van der Waals surface area contributed by atoms with E-state index in [2.05, 4.69) is 5.32 Å². The molecule has 3 aromatic rings. The normalized spacial score (nSPS) is 12.1. The van der Waals surface area contributed by atoms with E-state index in [1.165, 1.54) is 12.1 Å². The van der Waals surface area contributed by atoms with Gasteiger partial charge in [0.05, 0.1) is 28.8 Å². The molecule has 1 unspecified atom stereocenters. The van der Waals surface area contributed by atoms with E-state index >= 15 is 0 Å². The molecule has 33 heavy (non-hydrogen) atoms. The van der Waals surface area contributed by atoms with Crippen LogP contribution in [0.1, 0.15) is 30.5 Å². The highest BCUT2D eigenvalue weighted by Crippen LogP contribution is 2.30. The maximum Gasteiger partial charge on any atom is 0.264 e. The number of hydrogen-bond donors (Lipinski definition) is 1. The van der Waals surface area contributed by atoms with Crippen molar-refractivity contribution in [1.29, 1.82) is 0 Å². The molecule has 0 saturated heterocycles. The predicted molar refractivity (Wildman–Crippen MR) is 131 cm³/mol. The molecule has 0 fully saturated rings. The van der Waals surface area contributed by atoms with E-state index in [0.717, 1.165) is 21.2 Å². The van der Waals surface area contributed by atoms with Crippen molar-refractivity contribution in [3.8, 4) is 5.75 Å². The van der Waals surface area contributed by atoms with E-state index in [-0.39, 0.29) is 21.6 Å². The van der Waals surface area contributed by atoms with Gasteiger partial charge in [0, 0.05) is 0 Å². The number of amides is 1. The van der Waals surface area contributed by atoms with Gasteiger partial charge >= 0.3 is 0 Å². The molecule has 3 aromatic carbocycles. The third kappa shape index (κ3) is 5.67. The van der Waals surface area contributed by atoms with Crippen LogP contribution in [0.15, 0.2) is 77.7 Å². The number of ether oxygens (including phenoxy) is 1. The number of hydrogen-bond acceptors (Lipinski definition) is 4. The summed E-state index contributed by atoms with van der Waals surface area (Å²) in [4.78, 5) is 13.2. The van der Waals surface area contributed by atoms with Crippen molar-refractivity contribution in [2.45, 2.75) is 31.2 Å². The van der Waals surface area contributed by atoms with Crippen LogP contribution in [0, 0.1) is 6.92 Å². The summed E-state index contributed by atoms with van der Waals surface area (Å²) in [5, 5.41) is 3.20. The number of aryl methyl sites for hydroxylation is 1. The highest BCUT2D eigenvalue weighted by atomic mass is 35.5. The molecule has 0 aliphatic carbocycles. The summed E-state index contributed by atoms with van der Waals surface area (Å²) < 4.78 is 33.2. The Morgan fingerprint density at radius 2 is 1.73 bits per heavy atom. The number of nitrogens with zero attached hydrogens (tertiary/aromatic N) is 1. The zero-order chi connectivity index (χ0) is 24.0. The van der Waals surface area contributed by atoms with Crippen LogP contribution < -0.4 is 14.4 Å². The molecule has 0 saturated carbocycles. The van der Waals surface area contributed by atoms with Gasteiger partial charge in [-0.2, -0.15) is 0 Å². The molecule has 1 amide bonds. The van der Waals surface area contributed by atoms with Crippen molar-refractivity contribution in [3.63, 3.8) is 0 Å². The van der Waals surface area contributed by atoms with E-state index in [1.54, 1.807) is 49.6 Å². The van der Waals surface area contributed by atoms with E-state index in [1.807, 2.05) is 32.0 Å². The fraction of sp³-hybridized carbons (Fsp3) is 0.240. The Hall–Kier alpha value is -3.03. The van der Waals surface area contributed by atoms with E-state index in [9.17, 15) is 13.2 Å². The zero-order valence-electron chi connectivity index (χ0n) is 18.8. The summed E-state index contributed by atoms with van der Waals surface area (Å²) in [6, 6.07) is 20.0. The first kappa shape index (κ1) is 24.6. The van der Waals surface area contributed by atoms with Gasteiger partial charge in [0.25, 0.3) is 10.0 Å². The summed E-state index contributed by atoms with van der Waals surface area (Å²) in [6.45, 7) is 3.48. The molecular weight excluding hydrogens is 460 g/mol. The van der Waals surface area contributed by atoms with Crippen LogP contribution in [-0.2, 0) is 14.8 Å². The zero-order valence-corrected chi connectivity index (χ0v) is 20.4. The third-order valence-corrected chi connectivity index (χ3v) is 7.40. The smallest absolute Gasteiger partial charge is 0.264 e. The van der Waals surface area contributed by atoms with Gasteiger partial charge in [-0.05, 0) is 54.8 Å². The summed E-state index contributed by atoms with van der Waals surface area (Å²) in [6.07, 6.45) is 0.634. The molecular formula is C25H27ClN2O4S. The minimum absolute atomic E-state index is 0.0792. The molecule has 1 atom stereocenters. The topological polar surface area (TPSA) is 75.7 Å². The average molecular weight is 487 g/mol. The molecule has 8 heteroatoms. The van der Waals surface area contributed by atoms with Crippen molar-refractivity contribution in [1.82, 2.24) is 5.32 Å². The molecule has 0 aliphatic heterocycles. The number of nitrogens with one attached hydrogen (secondary N) is 1. The average Bonchev–Trinajstić information content (AvgIpc) is 2.82. The third-order valence-electron chi connectivity index (χ3n) is 5.30. The van der Waals surface area contributed by atoms with Crippen molar-refractivity contribution < 1.29 is 17.9 Å². The SMILES string of the molecule is CCC(NC(=O)CN(c1ccccc1Cl)S(=O)(=O)c1ccccc1)c1ccc(OC)c(C)c1. The van der Waals surface area contributed by atoms with Gasteiger partial charge in [-0.15, -0.1) is 0 Å². The Morgan fingerprint density at radius 3 is 2.33 bits per heavy atom. The Bertz CT molecular complexity index is 1220. The molecule has 6 nitrogen and oxygen atoms in total. The van der Waals surface area contributed by atoms with Crippen LogP contribution in [0.2, 0.25) is 5.02 Å². The predicted octanol–water partition coefficient (Wildman–Crippen LogP) is 5.12. The second kappa shape index (κ2) is 10.7. The molecule has 0 bridgehead atoms. The summed E-state index contributed by atoms with van der Waals surface area (Å²) >= 11 is 6.32. The maximum absolute atomic E-state index is 13.4. The highest BCUT2D eigenvalue weighted by molar-refractivity contribution is 7.92. The van der Waals surface area contributed by atoms with Gasteiger partial charge in [-0.3, -0.25) is 9.10 Å². The first-order valence-electron chi connectivity index (χ1n) is 10.5. The number of benzene rings is 3. The lowest BCUT2D eigenvalue weighted by Crippen LogP contribution is -2.42. The van der Waals surface area contributed by atoms with Crippen molar-refractivity contribution in [2.24, 2.45) is 0 Å². The lowest BCUT2D eigenvalue weighted by atomic mass is 10.0. The number of sulfonamides is 1. The number of halogens is 1. The van der Waals surface area contributed by atoms with Crippen molar-refractivity contribution in [3.05, 3.63) is 88.9 Å². The highest BCUT2D eigenvalue weighted by Gasteiger charge is 2.29. The Morgan fingerprint density at radius 1 is 1.06 bits per heavy atom. The van der Waals surface area contributed by atoms with Crippen molar-refractivity contribution >= 4 is 33.2 Å². The molecule has 174 valence electrons. The fourth-order valence-electron chi connectivity index (χ4n) is 3.58. The minimum atomic E-state index is -4.02. The number of carbonyl (C=O) groups is 1. The first-order valence-corrected chi connectivity index (χ1v) is 12.4. The molecule has 0 radical (unpaired) electrons. The summed E-state index contributed by atoms with van der Waals surface area (Å²) in [7, 11) is -2.41. The van der Waals surface area contributed by atoms with E-state index in [4.69, 9.17) is 16.3 Å². The van der Waals surface area contributed by atoms with Gasteiger partial charge in [-0.1, -0.05) is 61.0 Å². The molecule has 0 heterocycles. The number of anilines is 1. The largest absolute Gasteiger partial charge is 0.496 e. The molecule has 1 N–H and O–H groups in total. The van der Waals surface area contributed by atoms with Crippen molar-refractivity contribution in [2.75, 3.05) is 18.0 Å². The first-order chi connectivity index (χ1) is 15.8. The Balaban J connectivity index is 1.90. The van der Waals surface area contributed by atoms with Gasteiger partial charge in [0.1, 0.15) is 12.3 Å². The quantitative estimate of drug-likeness (QED) is 0.455. The lowest BCUT2D eigenvalue weighted by molar-refractivity contribution is -0.120. The van der Waals surface area contributed by atoms with Crippen LogP contribution in [0.25, 0.3) is 0 Å². The van der Waals surface area contributed by atoms with Crippen LogP contribution in [-0.4, -0.2) is 28.0 Å². The van der Waals surface area contributed by atoms with Gasteiger partial charge < -0.3 is 10.1 Å². The van der Waals surface area contributed by atoms with Gasteiger partial charge in [-0.25, -0.2) is 8.42 Å². The molecule has 0 aromatic heterocycles. The second-order valence-corrected chi connectivity index (χ2v) is 9.80. The molecule has 3 rings (SSSR count). The lowest BCUT2D eigenvalue weighted by Gasteiger charge is -2.26. The Kier molecular flexibility index (Phi) is 8.00. The van der Waals surface area contributed by atoms with Crippen LogP contribution in [0.5, 0.6) is 5.75 Å². The number of para-hydroxylation sites is 1. The van der Waals surface area contributed by atoms with Crippen LogP contribution in [0.4, 0.5) is 5.69 Å². The number of methoxy groups -OCH3 is 1. The van der Waals surface area contributed by atoms with Gasteiger partial charge in [0.15, 0.2) is 0 Å². The van der Waals surface area contributed by atoms with Crippen LogP contribution >= 0.6 is 11.6 Å². The second-order valence-electron chi connectivity index (χ2n) is 7.53. The summed E-state index contributed by atoms with van der Waals surface area (Å²) in [5.74, 6) is 0.327. The molecule has 0 spiro atoms. The van der Waals surface area contributed by atoms with E-state index < -0.39 is 22.5 Å². The summed E-state index contributed by atoms with van der Waals surface area (Å²) in [5.41, 5.74) is 2.11. The maximum atomic E-state index is 13.4.